The van der Waals surface area contributed by atoms with Crippen molar-refractivity contribution in [2.24, 2.45) is 0 Å². The Morgan fingerprint density at radius 3 is 2.71 bits per heavy atom. The van der Waals surface area contributed by atoms with E-state index in [9.17, 15) is 9.90 Å². The molecule has 0 aliphatic carbocycles. The van der Waals surface area contributed by atoms with Gasteiger partial charge in [-0.05, 0) is 50.0 Å². The molecule has 1 aliphatic heterocycles. The van der Waals surface area contributed by atoms with Crippen molar-refractivity contribution >= 4 is 11.0 Å². The maximum absolute atomic E-state index is 11.8. The average molecular weight is 287 g/mol. The van der Waals surface area contributed by atoms with Crippen LogP contribution in [0.5, 0.6) is 5.75 Å². The molecule has 1 aliphatic rings. The second kappa shape index (κ2) is 5.90. The van der Waals surface area contributed by atoms with Crippen molar-refractivity contribution in [3.8, 4) is 5.75 Å². The molecule has 4 heteroatoms. The molecule has 3 rings (SSSR count). The van der Waals surface area contributed by atoms with Crippen LogP contribution in [0.25, 0.3) is 11.0 Å². The lowest BCUT2D eigenvalue weighted by molar-refractivity contribution is 0.218. The van der Waals surface area contributed by atoms with Gasteiger partial charge in [-0.15, -0.1) is 0 Å². The van der Waals surface area contributed by atoms with Gasteiger partial charge in [-0.3, -0.25) is 4.90 Å². The van der Waals surface area contributed by atoms with Crippen LogP contribution in [-0.2, 0) is 13.0 Å². The standard InChI is InChI=1S/C17H21NO3/c1-2-12-10-16(20)21-17-13(12)6-7-15(19)14(17)11-18-8-4-3-5-9-18/h6-7,10,19H,2-5,8-9,11H2,1H3. The first-order valence-corrected chi connectivity index (χ1v) is 7.69. The minimum absolute atomic E-state index is 0.212. The van der Waals surface area contributed by atoms with E-state index in [-0.39, 0.29) is 11.4 Å². The summed E-state index contributed by atoms with van der Waals surface area (Å²) in [6.07, 6.45) is 4.43. The minimum atomic E-state index is -0.343. The van der Waals surface area contributed by atoms with Gasteiger partial charge in [0.25, 0.3) is 0 Å². The van der Waals surface area contributed by atoms with Gasteiger partial charge in [0.15, 0.2) is 0 Å². The molecule has 1 saturated heterocycles. The summed E-state index contributed by atoms with van der Waals surface area (Å²) in [5.74, 6) is 0.212. The van der Waals surface area contributed by atoms with E-state index in [4.69, 9.17) is 4.42 Å². The molecule has 2 heterocycles. The third kappa shape index (κ3) is 2.81. The van der Waals surface area contributed by atoms with Crippen molar-refractivity contribution in [3.63, 3.8) is 0 Å². The van der Waals surface area contributed by atoms with Gasteiger partial charge >= 0.3 is 5.63 Å². The van der Waals surface area contributed by atoms with E-state index in [1.807, 2.05) is 13.0 Å². The van der Waals surface area contributed by atoms with Crippen LogP contribution < -0.4 is 5.63 Å². The number of hydrogen-bond acceptors (Lipinski definition) is 4. The number of piperidine rings is 1. The Morgan fingerprint density at radius 2 is 2.00 bits per heavy atom. The summed E-state index contributed by atoms with van der Waals surface area (Å²) < 4.78 is 5.42. The number of aromatic hydroxyl groups is 1. The van der Waals surface area contributed by atoms with Crippen LogP contribution in [0.2, 0.25) is 0 Å². The molecule has 0 amide bonds. The van der Waals surface area contributed by atoms with Crippen LogP contribution >= 0.6 is 0 Å². The molecule has 2 aromatic rings. The van der Waals surface area contributed by atoms with Gasteiger partial charge in [0.05, 0.1) is 5.56 Å². The summed E-state index contributed by atoms with van der Waals surface area (Å²) in [7, 11) is 0. The number of rotatable bonds is 3. The van der Waals surface area contributed by atoms with E-state index in [2.05, 4.69) is 4.90 Å². The lowest BCUT2D eigenvalue weighted by Crippen LogP contribution is -2.29. The zero-order valence-corrected chi connectivity index (χ0v) is 12.4. The number of fused-ring (bicyclic) bond motifs is 1. The molecule has 0 bridgehead atoms. The highest BCUT2D eigenvalue weighted by atomic mass is 16.4. The van der Waals surface area contributed by atoms with E-state index in [0.717, 1.165) is 36.0 Å². The maximum Gasteiger partial charge on any atom is 0.336 e. The molecule has 4 nitrogen and oxygen atoms in total. The Morgan fingerprint density at radius 1 is 1.24 bits per heavy atom. The molecular formula is C17H21NO3. The Bertz CT molecular complexity index is 699. The fraction of sp³-hybridized carbons (Fsp3) is 0.471. The van der Waals surface area contributed by atoms with E-state index in [1.165, 1.54) is 19.3 Å². The molecule has 1 fully saturated rings. The number of hydrogen-bond donors (Lipinski definition) is 1. The summed E-state index contributed by atoms with van der Waals surface area (Å²) in [5, 5.41) is 11.1. The fourth-order valence-electron chi connectivity index (χ4n) is 3.12. The van der Waals surface area contributed by atoms with Gasteiger partial charge < -0.3 is 9.52 Å². The highest BCUT2D eigenvalue weighted by Gasteiger charge is 2.17. The number of phenolic OH excluding ortho intramolecular Hbond substituents is 1. The largest absolute Gasteiger partial charge is 0.507 e. The minimum Gasteiger partial charge on any atom is -0.507 e. The summed E-state index contributed by atoms with van der Waals surface area (Å²) in [6.45, 7) is 4.73. The van der Waals surface area contributed by atoms with Gasteiger partial charge in [-0.25, -0.2) is 4.79 Å². The summed E-state index contributed by atoms with van der Waals surface area (Å²) >= 11 is 0. The van der Waals surface area contributed by atoms with Crippen molar-refractivity contribution in [3.05, 3.63) is 39.7 Å². The van der Waals surface area contributed by atoms with Crippen molar-refractivity contribution in [1.29, 1.82) is 0 Å². The van der Waals surface area contributed by atoms with Gasteiger partial charge in [0.2, 0.25) is 0 Å². The Hall–Kier alpha value is -1.81. The van der Waals surface area contributed by atoms with E-state index in [0.29, 0.717) is 12.1 Å². The highest BCUT2D eigenvalue weighted by molar-refractivity contribution is 5.85. The molecule has 112 valence electrons. The summed E-state index contributed by atoms with van der Waals surface area (Å²) in [5.41, 5.74) is 1.91. The zero-order valence-electron chi connectivity index (χ0n) is 12.4. The van der Waals surface area contributed by atoms with Crippen LogP contribution in [0.3, 0.4) is 0 Å². The number of aryl methyl sites for hydroxylation is 1. The van der Waals surface area contributed by atoms with Gasteiger partial charge in [-0.2, -0.15) is 0 Å². The number of likely N-dealkylation sites (tertiary alicyclic amines) is 1. The maximum atomic E-state index is 11.8. The van der Waals surface area contributed by atoms with E-state index in [1.54, 1.807) is 12.1 Å². The lowest BCUT2D eigenvalue weighted by atomic mass is 10.0. The normalized spacial score (nSPS) is 16.4. The number of benzene rings is 1. The fourth-order valence-corrected chi connectivity index (χ4v) is 3.12. The van der Waals surface area contributed by atoms with Gasteiger partial charge in [0.1, 0.15) is 11.3 Å². The predicted molar refractivity (Wildman–Crippen MR) is 82.7 cm³/mol. The second-order valence-corrected chi connectivity index (χ2v) is 5.72. The second-order valence-electron chi connectivity index (χ2n) is 5.72. The van der Waals surface area contributed by atoms with Crippen molar-refractivity contribution in [1.82, 2.24) is 4.90 Å². The Balaban J connectivity index is 2.09. The van der Waals surface area contributed by atoms with Crippen LogP contribution in [0.4, 0.5) is 0 Å². The highest BCUT2D eigenvalue weighted by Crippen LogP contribution is 2.30. The molecule has 1 aromatic carbocycles. The zero-order chi connectivity index (χ0) is 14.8. The quantitative estimate of drug-likeness (QED) is 0.882. The van der Waals surface area contributed by atoms with Crippen LogP contribution in [0, 0.1) is 0 Å². The lowest BCUT2D eigenvalue weighted by Gasteiger charge is -2.26. The molecule has 0 unspecified atom stereocenters. The molecule has 0 atom stereocenters. The first-order chi connectivity index (χ1) is 10.2. The molecule has 1 N–H and O–H groups in total. The molecule has 0 saturated carbocycles. The Kier molecular flexibility index (Phi) is 3.97. The Labute approximate surface area is 124 Å². The topological polar surface area (TPSA) is 53.7 Å². The van der Waals surface area contributed by atoms with Crippen molar-refractivity contribution in [2.75, 3.05) is 13.1 Å². The number of nitrogens with zero attached hydrogens (tertiary/aromatic N) is 1. The van der Waals surface area contributed by atoms with E-state index >= 15 is 0 Å². The van der Waals surface area contributed by atoms with Gasteiger partial charge in [0, 0.05) is 18.0 Å². The van der Waals surface area contributed by atoms with Crippen molar-refractivity contribution < 1.29 is 9.52 Å². The molecule has 1 aromatic heterocycles. The first kappa shape index (κ1) is 14.1. The number of phenols is 1. The van der Waals surface area contributed by atoms with Crippen LogP contribution in [0.15, 0.2) is 27.4 Å². The molecular weight excluding hydrogens is 266 g/mol. The third-order valence-corrected chi connectivity index (χ3v) is 4.29. The van der Waals surface area contributed by atoms with Crippen molar-refractivity contribution in [2.45, 2.75) is 39.2 Å². The SMILES string of the molecule is CCc1cc(=O)oc2c(CN3CCCCC3)c(O)ccc12. The smallest absolute Gasteiger partial charge is 0.336 e. The first-order valence-electron chi connectivity index (χ1n) is 7.69. The van der Waals surface area contributed by atoms with Crippen LogP contribution in [-0.4, -0.2) is 23.1 Å². The van der Waals surface area contributed by atoms with Crippen LogP contribution in [0.1, 0.15) is 37.3 Å². The van der Waals surface area contributed by atoms with E-state index < -0.39 is 0 Å². The summed E-state index contributed by atoms with van der Waals surface area (Å²) in [4.78, 5) is 14.1. The molecule has 0 radical (unpaired) electrons. The third-order valence-electron chi connectivity index (χ3n) is 4.29. The van der Waals surface area contributed by atoms with Gasteiger partial charge in [-0.1, -0.05) is 13.3 Å². The molecule has 0 spiro atoms. The predicted octanol–water partition coefficient (Wildman–Crippen LogP) is 3.05. The average Bonchev–Trinajstić information content (AvgIpc) is 2.50. The molecule has 21 heavy (non-hydrogen) atoms. The monoisotopic (exact) mass is 287 g/mol. The summed E-state index contributed by atoms with van der Waals surface area (Å²) in [6, 6.07) is 5.09.